The summed E-state index contributed by atoms with van der Waals surface area (Å²) in [7, 11) is 0. The van der Waals surface area contributed by atoms with E-state index < -0.39 is 0 Å². The zero-order valence-corrected chi connectivity index (χ0v) is 12.4. The number of nitrogens with one attached hydrogen (secondary N) is 1. The number of amides is 1. The molecule has 0 bridgehead atoms. The molecule has 1 atom stereocenters. The summed E-state index contributed by atoms with van der Waals surface area (Å²) in [6, 6.07) is 7.21. The average molecular weight is 284 g/mol. The fraction of sp³-hybridized carbons (Fsp3) is 0.533. The van der Waals surface area contributed by atoms with Crippen LogP contribution >= 0.6 is 11.6 Å². The topological polar surface area (TPSA) is 38.3 Å². The highest BCUT2D eigenvalue weighted by Crippen LogP contribution is 2.12. The van der Waals surface area contributed by atoms with Crippen molar-refractivity contribution < 1.29 is 9.53 Å². The first-order valence-corrected chi connectivity index (χ1v) is 7.22. The lowest BCUT2D eigenvalue weighted by atomic mass is 10.2. The number of ether oxygens (including phenoxy) is 1. The zero-order chi connectivity index (χ0) is 14.1. The monoisotopic (exact) mass is 283 g/mol. The summed E-state index contributed by atoms with van der Waals surface area (Å²) in [5.74, 6) is 0.733. The van der Waals surface area contributed by atoms with Crippen LogP contribution in [0.2, 0.25) is 0 Å². The summed E-state index contributed by atoms with van der Waals surface area (Å²) in [4.78, 5) is 11.8. The predicted octanol–water partition coefficient (Wildman–Crippen LogP) is 3.61. The summed E-state index contributed by atoms with van der Waals surface area (Å²) < 4.78 is 5.54. The van der Waals surface area contributed by atoms with Gasteiger partial charge in [0.15, 0.2) is 0 Å². The van der Waals surface area contributed by atoms with E-state index in [1.165, 1.54) is 0 Å². The third-order valence-electron chi connectivity index (χ3n) is 2.71. The fourth-order valence-electron chi connectivity index (χ4n) is 1.52. The van der Waals surface area contributed by atoms with Crippen LogP contribution in [-0.2, 0) is 0 Å². The van der Waals surface area contributed by atoms with Gasteiger partial charge in [-0.15, -0.1) is 11.6 Å². The molecule has 3 nitrogen and oxygen atoms in total. The first-order chi connectivity index (χ1) is 9.13. The van der Waals surface area contributed by atoms with Crippen LogP contribution in [0.3, 0.4) is 0 Å². The van der Waals surface area contributed by atoms with Crippen LogP contribution in [0.25, 0.3) is 0 Å². The van der Waals surface area contributed by atoms with Gasteiger partial charge in [-0.3, -0.25) is 4.79 Å². The van der Waals surface area contributed by atoms with E-state index in [-0.39, 0.29) is 11.3 Å². The van der Waals surface area contributed by atoms with Crippen molar-refractivity contribution in [1.82, 2.24) is 5.32 Å². The minimum Gasteiger partial charge on any atom is -0.494 e. The highest BCUT2D eigenvalue weighted by Gasteiger charge is 2.05. The zero-order valence-electron chi connectivity index (χ0n) is 11.6. The van der Waals surface area contributed by atoms with Crippen LogP contribution in [-0.4, -0.2) is 24.4 Å². The first-order valence-electron chi connectivity index (χ1n) is 6.78. The summed E-state index contributed by atoms with van der Waals surface area (Å²) in [6.07, 6.45) is 2.92. The molecule has 0 heterocycles. The third-order valence-corrected chi connectivity index (χ3v) is 2.93. The Morgan fingerprint density at radius 2 is 2.05 bits per heavy atom. The number of halogens is 1. The molecule has 0 aliphatic heterocycles. The molecule has 0 fully saturated rings. The van der Waals surface area contributed by atoms with Gasteiger partial charge in [0.1, 0.15) is 5.75 Å². The van der Waals surface area contributed by atoms with Crippen molar-refractivity contribution in [1.29, 1.82) is 0 Å². The van der Waals surface area contributed by atoms with Crippen molar-refractivity contribution in [2.45, 2.75) is 38.5 Å². The molecule has 4 heteroatoms. The Hall–Kier alpha value is -1.22. The van der Waals surface area contributed by atoms with Gasteiger partial charge in [0, 0.05) is 17.5 Å². The molecule has 1 unspecified atom stereocenters. The number of hydrogen-bond donors (Lipinski definition) is 1. The van der Waals surface area contributed by atoms with Gasteiger partial charge in [-0.1, -0.05) is 13.3 Å². The van der Waals surface area contributed by atoms with Crippen LogP contribution in [0.15, 0.2) is 24.3 Å². The van der Waals surface area contributed by atoms with E-state index in [1.54, 1.807) is 12.1 Å². The molecule has 0 saturated carbocycles. The van der Waals surface area contributed by atoms with Gasteiger partial charge in [0.2, 0.25) is 0 Å². The summed E-state index contributed by atoms with van der Waals surface area (Å²) in [5.41, 5.74) is 0.644. The van der Waals surface area contributed by atoms with E-state index in [0.29, 0.717) is 12.1 Å². The molecule has 1 amide bonds. The molecule has 19 heavy (non-hydrogen) atoms. The number of carbonyl (C=O) groups excluding carboxylic acids is 1. The molecule has 1 N–H and O–H groups in total. The predicted molar refractivity (Wildman–Crippen MR) is 79.1 cm³/mol. The number of rotatable bonds is 8. The minimum absolute atomic E-state index is 0.0718. The molecule has 0 saturated heterocycles. The largest absolute Gasteiger partial charge is 0.494 e. The number of carbonyl (C=O) groups is 1. The van der Waals surface area contributed by atoms with E-state index in [4.69, 9.17) is 16.3 Å². The molecule has 1 rings (SSSR count). The summed E-state index contributed by atoms with van der Waals surface area (Å²) in [6.45, 7) is 5.35. The molecular formula is C15H22ClNO2. The second-order valence-corrected chi connectivity index (χ2v) is 5.30. The maximum Gasteiger partial charge on any atom is 0.251 e. The van der Waals surface area contributed by atoms with E-state index >= 15 is 0 Å². The van der Waals surface area contributed by atoms with Crippen molar-refractivity contribution in [2.75, 3.05) is 13.2 Å². The molecule has 0 radical (unpaired) electrons. The third kappa shape index (κ3) is 6.48. The van der Waals surface area contributed by atoms with Gasteiger partial charge in [-0.05, 0) is 44.0 Å². The van der Waals surface area contributed by atoms with Gasteiger partial charge < -0.3 is 10.1 Å². The molecular weight excluding hydrogens is 262 g/mol. The Morgan fingerprint density at radius 3 is 2.63 bits per heavy atom. The lowest BCUT2D eigenvalue weighted by Crippen LogP contribution is -2.25. The van der Waals surface area contributed by atoms with Gasteiger partial charge in [-0.2, -0.15) is 0 Å². The standard InChI is InChI=1S/C15H22ClNO2/c1-3-4-11-19-14-7-5-13(6-8-14)15(18)17-10-9-12(2)16/h5-8,12H,3-4,9-11H2,1-2H3,(H,17,18). The second-order valence-electron chi connectivity index (χ2n) is 4.55. The van der Waals surface area contributed by atoms with Gasteiger partial charge in [0.05, 0.1) is 6.61 Å². The van der Waals surface area contributed by atoms with E-state index in [0.717, 1.165) is 31.6 Å². The number of unbranched alkanes of at least 4 members (excludes halogenated alkanes) is 1. The molecule has 0 aliphatic carbocycles. The van der Waals surface area contributed by atoms with Crippen molar-refractivity contribution in [2.24, 2.45) is 0 Å². The lowest BCUT2D eigenvalue weighted by Gasteiger charge is -2.08. The highest BCUT2D eigenvalue weighted by atomic mass is 35.5. The van der Waals surface area contributed by atoms with Crippen LogP contribution < -0.4 is 10.1 Å². The molecule has 0 spiro atoms. The van der Waals surface area contributed by atoms with Crippen molar-refractivity contribution in [3.8, 4) is 5.75 Å². The first kappa shape index (κ1) is 15.8. The Morgan fingerprint density at radius 1 is 1.37 bits per heavy atom. The second kappa shape index (κ2) is 8.81. The lowest BCUT2D eigenvalue weighted by molar-refractivity contribution is 0.0953. The minimum atomic E-state index is -0.0718. The van der Waals surface area contributed by atoms with Gasteiger partial charge in [-0.25, -0.2) is 0 Å². The Balaban J connectivity index is 2.39. The Bertz CT molecular complexity index is 376. The quantitative estimate of drug-likeness (QED) is 0.585. The molecule has 0 aliphatic rings. The number of benzene rings is 1. The number of alkyl halides is 1. The van der Waals surface area contributed by atoms with Crippen LogP contribution in [0.1, 0.15) is 43.5 Å². The smallest absolute Gasteiger partial charge is 0.251 e. The van der Waals surface area contributed by atoms with E-state index in [9.17, 15) is 4.79 Å². The molecule has 1 aromatic rings. The van der Waals surface area contributed by atoms with Crippen molar-refractivity contribution >= 4 is 17.5 Å². The van der Waals surface area contributed by atoms with E-state index in [1.807, 2.05) is 19.1 Å². The molecule has 1 aromatic carbocycles. The maximum atomic E-state index is 11.8. The van der Waals surface area contributed by atoms with Crippen LogP contribution in [0.5, 0.6) is 5.75 Å². The summed E-state index contributed by atoms with van der Waals surface area (Å²) in [5, 5.41) is 2.92. The number of hydrogen-bond acceptors (Lipinski definition) is 2. The van der Waals surface area contributed by atoms with Crippen molar-refractivity contribution in [3.05, 3.63) is 29.8 Å². The SMILES string of the molecule is CCCCOc1ccc(C(=O)NCCC(C)Cl)cc1. The highest BCUT2D eigenvalue weighted by molar-refractivity contribution is 6.20. The maximum absolute atomic E-state index is 11.8. The summed E-state index contributed by atoms with van der Waals surface area (Å²) >= 11 is 5.82. The molecule has 106 valence electrons. The van der Waals surface area contributed by atoms with Crippen molar-refractivity contribution in [3.63, 3.8) is 0 Å². The molecule has 0 aromatic heterocycles. The van der Waals surface area contributed by atoms with Gasteiger partial charge >= 0.3 is 0 Å². The van der Waals surface area contributed by atoms with E-state index in [2.05, 4.69) is 12.2 Å². The van der Waals surface area contributed by atoms with Gasteiger partial charge in [0.25, 0.3) is 5.91 Å². The average Bonchev–Trinajstić information content (AvgIpc) is 2.39. The van der Waals surface area contributed by atoms with Crippen LogP contribution in [0, 0.1) is 0 Å². The van der Waals surface area contributed by atoms with Crippen LogP contribution in [0.4, 0.5) is 0 Å². The Labute approximate surface area is 120 Å². The Kier molecular flexibility index (Phi) is 7.34. The normalized spacial score (nSPS) is 11.9. The fourth-order valence-corrected chi connectivity index (χ4v) is 1.63.